The molecule has 0 spiro atoms. The number of amides is 1. The van der Waals surface area contributed by atoms with Gasteiger partial charge in [0.25, 0.3) is 5.91 Å². The highest BCUT2D eigenvalue weighted by Gasteiger charge is 2.29. The molecule has 1 aromatic carbocycles. The normalized spacial score (nSPS) is 20.2. The van der Waals surface area contributed by atoms with Crippen molar-refractivity contribution in [2.75, 3.05) is 13.1 Å². The van der Waals surface area contributed by atoms with Crippen molar-refractivity contribution in [1.29, 1.82) is 0 Å². The third-order valence-electron chi connectivity index (χ3n) is 4.42. The minimum atomic E-state index is 0.0328. The first kappa shape index (κ1) is 16.7. The van der Waals surface area contributed by atoms with Gasteiger partial charge in [-0.05, 0) is 48.8 Å². The van der Waals surface area contributed by atoms with Crippen LogP contribution in [0.15, 0.2) is 23.1 Å². The van der Waals surface area contributed by atoms with Crippen LogP contribution in [0.5, 0.6) is 0 Å². The highest BCUT2D eigenvalue weighted by atomic mass is 35.5. The van der Waals surface area contributed by atoms with Crippen molar-refractivity contribution < 1.29 is 4.79 Å². The lowest BCUT2D eigenvalue weighted by Gasteiger charge is -2.29. The van der Waals surface area contributed by atoms with Crippen molar-refractivity contribution >= 4 is 30.1 Å². The van der Waals surface area contributed by atoms with Crippen molar-refractivity contribution in [2.45, 2.75) is 44.9 Å². The second-order valence-corrected chi connectivity index (χ2v) is 7.87. The van der Waals surface area contributed by atoms with E-state index in [1.165, 1.54) is 6.42 Å². The lowest BCUT2D eigenvalue weighted by Crippen LogP contribution is -2.32. The highest BCUT2D eigenvalue weighted by Crippen LogP contribution is 2.34. The molecule has 1 saturated heterocycles. The zero-order chi connectivity index (χ0) is 15.6. The minimum absolute atomic E-state index is 0.0328. The molecule has 0 aliphatic carbocycles. The smallest absolute Gasteiger partial charge is 0.255 e. The summed E-state index contributed by atoms with van der Waals surface area (Å²) in [5, 5.41) is 0.509. The molecule has 0 N–H and O–H groups in total. The average molecular weight is 326 g/mol. The van der Waals surface area contributed by atoms with E-state index < -0.39 is 0 Å². The molecule has 4 heteroatoms. The number of hydrogen-bond acceptors (Lipinski definition) is 2. The monoisotopic (exact) mass is 325 g/mol. The Balaban J connectivity index is 2.12. The lowest BCUT2D eigenvalue weighted by molar-refractivity contribution is 0.0755. The highest BCUT2D eigenvalue weighted by molar-refractivity contribution is 7.80. The van der Waals surface area contributed by atoms with E-state index in [4.69, 9.17) is 11.6 Å². The van der Waals surface area contributed by atoms with E-state index in [1.54, 1.807) is 18.2 Å². The summed E-state index contributed by atoms with van der Waals surface area (Å²) in [6, 6.07) is 5.31. The summed E-state index contributed by atoms with van der Waals surface area (Å²) in [5.41, 5.74) is 0.875. The van der Waals surface area contributed by atoms with Gasteiger partial charge < -0.3 is 4.90 Å². The SMILES string of the molecule is CC(C)(C)C1CCCN(C(=O)c2cc(S)ccc2Cl)CC1. The zero-order valence-corrected chi connectivity index (χ0v) is 14.7. The van der Waals surface area contributed by atoms with Crippen LogP contribution in [0.4, 0.5) is 0 Å². The molecule has 0 bridgehead atoms. The molecular weight excluding hydrogens is 302 g/mol. The van der Waals surface area contributed by atoms with Crippen LogP contribution in [0.25, 0.3) is 0 Å². The van der Waals surface area contributed by atoms with Crippen LogP contribution in [-0.2, 0) is 0 Å². The van der Waals surface area contributed by atoms with Crippen LogP contribution in [0.2, 0.25) is 5.02 Å². The third-order valence-corrected chi connectivity index (χ3v) is 5.03. The first-order valence-electron chi connectivity index (χ1n) is 7.57. The van der Waals surface area contributed by atoms with Gasteiger partial charge in [0.15, 0.2) is 0 Å². The maximum absolute atomic E-state index is 12.7. The van der Waals surface area contributed by atoms with E-state index in [-0.39, 0.29) is 5.91 Å². The average Bonchev–Trinajstić information content (AvgIpc) is 2.66. The number of thiol groups is 1. The maximum Gasteiger partial charge on any atom is 0.255 e. The van der Waals surface area contributed by atoms with Gasteiger partial charge in [-0.2, -0.15) is 0 Å². The molecular formula is C17H24ClNOS. The predicted octanol–water partition coefficient (Wildman–Crippen LogP) is 4.92. The summed E-state index contributed by atoms with van der Waals surface area (Å²) in [7, 11) is 0. The fourth-order valence-corrected chi connectivity index (χ4v) is 3.41. The Hall–Kier alpha value is -0.670. The molecule has 1 aliphatic rings. The molecule has 1 aliphatic heterocycles. The fourth-order valence-electron chi connectivity index (χ4n) is 3.01. The molecule has 0 radical (unpaired) electrons. The van der Waals surface area contributed by atoms with Crippen molar-refractivity contribution in [3.05, 3.63) is 28.8 Å². The Morgan fingerprint density at radius 1 is 1.29 bits per heavy atom. The number of hydrogen-bond donors (Lipinski definition) is 1. The summed E-state index contributed by atoms with van der Waals surface area (Å²) < 4.78 is 0. The second-order valence-electron chi connectivity index (χ2n) is 6.95. The van der Waals surface area contributed by atoms with Crippen LogP contribution in [-0.4, -0.2) is 23.9 Å². The minimum Gasteiger partial charge on any atom is -0.339 e. The quantitative estimate of drug-likeness (QED) is 0.727. The summed E-state index contributed by atoms with van der Waals surface area (Å²) in [6.45, 7) is 8.50. The molecule has 1 amide bonds. The Kier molecular flexibility index (Phi) is 5.26. The molecule has 1 fully saturated rings. The van der Waals surface area contributed by atoms with E-state index in [1.807, 2.05) is 4.90 Å². The number of carbonyl (C=O) groups excluding carboxylic acids is 1. The van der Waals surface area contributed by atoms with E-state index in [0.717, 1.165) is 30.8 Å². The Morgan fingerprint density at radius 2 is 2.00 bits per heavy atom. The molecule has 1 heterocycles. The second kappa shape index (κ2) is 6.62. The Labute approximate surface area is 138 Å². The first-order valence-corrected chi connectivity index (χ1v) is 8.39. The molecule has 116 valence electrons. The molecule has 1 aromatic rings. The third kappa shape index (κ3) is 4.17. The van der Waals surface area contributed by atoms with Gasteiger partial charge in [-0.15, -0.1) is 12.6 Å². The van der Waals surface area contributed by atoms with Crippen LogP contribution in [0, 0.1) is 11.3 Å². The van der Waals surface area contributed by atoms with Crippen molar-refractivity contribution in [3.63, 3.8) is 0 Å². The van der Waals surface area contributed by atoms with Crippen LogP contribution >= 0.6 is 24.2 Å². The largest absolute Gasteiger partial charge is 0.339 e. The van der Waals surface area contributed by atoms with Crippen LogP contribution in [0.1, 0.15) is 50.4 Å². The summed E-state index contributed by atoms with van der Waals surface area (Å²) >= 11 is 10.5. The standard InChI is InChI=1S/C17H24ClNOS/c1-17(2,3)12-5-4-9-19(10-8-12)16(20)14-11-13(21)6-7-15(14)18/h6-7,11-12,21H,4-5,8-10H2,1-3H3. The molecule has 1 unspecified atom stereocenters. The maximum atomic E-state index is 12.7. The Bertz CT molecular complexity index is 524. The van der Waals surface area contributed by atoms with E-state index in [0.29, 0.717) is 21.9 Å². The fraction of sp³-hybridized carbons (Fsp3) is 0.588. The lowest BCUT2D eigenvalue weighted by atomic mass is 9.77. The summed E-state index contributed by atoms with van der Waals surface area (Å²) in [4.78, 5) is 15.4. The molecule has 2 rings (SSSR count). The number of carbonyl (C=O) groups is 1. The predicted molar refractivity (Wildman–Crippen MR) is 91.4 cm³/mol. The van der Waals surface area contributed by atoms with Gasteiger partial charge in [0.05, 0.1) is 10.6 Å². The topological polar surface area (TPSA) is 20.3 Å². The number of benzene rings is 1. The first-order chi connectivity index (χ1) is 9.79. The van der Waals surface area contributed by atoms with E-state index in [2.05, 4.69) is 33.4 Å². The van der Waals surface area contributed by atoms with Crippen LogP contribution < -0.4 is 0 Å². The molecule has 21 heavy (non-hydrogen) atoms. The van der Waals surface area contributed by atoms with Gasteiger partial charge in [0, 0.05) is 18.0 Å². The van der Waals surface area contributed by atoms with E-state index >= 15 is 0 Å². The summed E-state index contributed by atoms with van der Waals surface area (Å²) in [5.74, 6) is 0.701. The molecule has 2 nitrogen and oxygen atoms in total. The van der Waals surface area contributed by atoms with Crippen molar-refractivity contribution in [1.82, 2.24) is 4.90 Å². The number of likely N-dealkylation sites (tertiary alicyclic amines) is 1. The summed E-state index contributed by atoms with van der Waals surface area (Å²) in [6.07, 6.45) is 3.31. The zero-order valence-electron chi connectivity index (χ0n) is 13.0. The Morgan fingerprint density at radius 3 is 2.67 bits per heavy atom. The molecule has 0 saturated carbocycles. The van der Waals surface area contributed by atoms with E-state index in [9.17, 15) is 4.79 Å². The molecule has 0 aromatic heterocycles. The van der Waals surface area contributed by atoms with Gasteiger partial charge in [0.2, 0.25) is 0 Å². The van der Waals surface area contributed by atoms with Crippen molar-refractivity contribution in [3.8, 4) is 0 Å². The number of halogens is 1. The van der Waals surface area contributed by atoms with Gasteiger partial charge in [-0.1, -0.05) is 32.4 Å². The van der Waals surface area contributed by atoms with Crippen molar-refractivity contribution in [2.24, 2.45) is 11.3 Å². The van der Waals surface area contributed by atoms with Gasteiger partial charge in [-0.25, -0.2) is 0 Å². The number of rotatable bonds is 1. The number of nitrogens with zero attached hydrogens (tertiary/aromatic N) is 1. The van der Waals surface area contributed by atoms with Gasteiger partial charge in [0.1, 0.15) is 0 Å². The molecule has 1 atom stereocenters. The van der Waals surface area contributed by atoms with Gasteiger partial charge in [-0.3, -0.25) is 4.79 Å². The van der Waals surface area contributed by atoms with Crippen LogP contribution in [0.3, 0.4) is 0 Å². The van der Waals surface area contributed by atoms with Gasteiger partial charge >= 0.3 is 0 Å².